The van der Waals surface area contributed by atoms with E-state index in [0.717, 1.165) is 41.2 Å². The van der Waals surface area contributed by atoms with Crippen molar-refractivity contribution < 1.29 is 4.79 Å². The second-order valence-electron chi connectivity index (χ2n) is 7.29. The van der Waals surface area contributed by atoms with Crippen molar-refractivity contribution in [2.24, 2.45) is 0 Å². The lowest BCUT2D eigenvalue weighted by molar-refractivity contribution is 0.262. The summed E-state index contributed by atoms with van der Waals surface area (Å²) in [4.78, 5) is 14.6. The smallest absolute Gasteiger partial charge is 0.323 e. The van der Waals surface area contributed by atoms with E-state index in [1.165, 1.54) is 0 Å². The molecule has 0 spiro atoms. The van der Waals surface area contributed by atoms with Crippen LogP contribution in [0.5, 0.6) is 0 Å². The second-order valence-corrected chi connectivity index (χ2v) is 7.29. The Hall–Kier alpha value is -4.20. The first-order chi connectivity index (χ1) is 15.3. The molecule has 154 valence electrons. The van der Waals surface area contributed by atoms with Gasteiger partial charge in [0.25, 0.3) is 5.95 Å². The van der Waals surface area contributed by atoms with Crippen molar-refractivity contribution in [3.05, 3.63) is 90.0 Å². The summed E-state index contributed by atoms with van der Waals surface area (Å²) in [6, 6.07) is 25.0. The fourth-order valence-corrected chi connectivity index (χ4v) is 3.82. The van der Waals surface area contributed by atoms with Crippen molar-refractivity contribution in [3.8, 4) is 5.69 Å². The Morgan fingerprint density at radius 3 is 2.45 bits per heavy atom. The summed E-state index contributed by atoms with van der Waals surface area (Å²) in [6.45, 7) is 1.41. The SMILES string of the molecule is O=C(Nc1ccccc1)Nc1cccc2c1CCN(c1nnnn1-c1ccccc1)C2. The van der Waals surface area contributed by atoms with Crippen LogP contribution in [0.15, 0.2) is 78.9 Å². The maximum Gasteiger partial charge on any atom is 0.323 e. The van der Waals surface area contributed by atoms with Gasteiger partial charge in [0.1, 0.15) is 0 Å². The van der Waals surface area contributed by atoms with Crippen LogP contribution in [0.3, 0.4) is 0 Å². The van der Waals surface area contributed by atoms with E-state index < -0.39 is 0 Å². The zero-order valence-corrected chi connectivity index (χ0v) is 16.8. The van der Waals surface area contributed by atoms with Gasteiger partial charge in [0.15, 0.2) is 0 Å². The molecule has 8 heteroatoms. The lowest BCUT2D eigenvalue weighted by Crippen LogP contribution is -2.33. The zero-order chi connectivity index (χ0) is 21.0. The Labute approximate surface area is 179 Å². The molecule has 0 radical (unpaired) electrons. The predicted octanol–water partition coefficient (Wildman–Crippen LogP) is 3.87. The summed E-state index contributed by atoms with van der Waals surface area (Å²) in [5.74, 6) is 0.706. The summed E-state index contributed by atoms with van der Waals surface area (Å²) in [5, 5.41) is 18.2. The molecule has 2 N–H and O–H groups in total. The molecule has 0 fully saturated rings. The number of nitrogens with zero attached hydrogens (tertiary/aromatic N) is 5. The van der Waals surface area contributed by atoms with Crippen LogP contribution in [0.1, 0.15) is 11.1 Å². The van der Waals surface area contributed by atoms with Crippen molar-refractivity contribution in [2.45, 2.75) is 13.0 Å². The average molecular weight is 411 g/mol. The average Bonchev–Trinajstić information content (AvgIpc) is 3.30. The molecule has 0 saturated carbocycles. The topological polar surface area (TPSA) is 88.0 Å². The van der Waals surface area contributed by atoms with Gasteiger partial charge < -0.3 is 15.5 Å². The molecule has 5 rings (SSSR count). The Kier molecular flexibility index (Phi) is 5.02. The third kappa shape index (κ3) is 3.95. The van der Waals surface area contributed by atoms with E-state index in [0.29, 0.717) is 12.5 Å². The molecule has 0 bridgehead atoms. The van der Waals surface area contributed by atoms with E-state index in [4.69, 9.17) is 0 Å². The van der Waals surface area contributed by atoms with Crippen molar-refractivity contribution >= 4 is 23.4 Å². The Morgan fingerprint density at radius 1 is 0.871 bits per heavy atom. The first-order valence-electron chi connectivity index (χ1n) is 10.1. The van der Waals surface area contributed by atoms with Gasteiger partial charge in [0.05, 0.1) is 5.69 Å². The van der Waals surface area contributed by atoms with Crippen LogP contribution in [-0.4, -0.2) is 32.8 Å². The lowest BCUT2D eigenvalue weighted by Gasteiger charge is -2.30. The number of amides is 2. The monoisotopic (exact) mass is 411 g/mol. The normalized spacial score (nSPS) is 12.8. The molecule has 3 aromatic carbocycles. The van der Waals surface area contributed by atoms with E-state index in [2.05, 4.69) is 37.1 Å². The molecule has 1 aliphatic heterocycles. The van der Waals surface area contributed by atoms with Crippen LogP contribution in [0, 0.1) is 0 Å². The number of hydrogen-bond donors (Lipinski definition) is 2. The van der Waals surface area contributed by atoms with E-state index in [1.807, 2.05) is 72.8 Å². The number of benzene rings is 3. The Bertz CT molecular complexity index is 1190. The number of nitrogens with one attached hydrogen (secondary N) is 2. The highest BCUT2D eigenvalue weighted by molar-refractivity contribution is 6.00. The molecule has 4 aromatic rings. The van der Waals surface area contributed by atoms with Crippen LogP contribution in [0.2, 0.25) is 0 Å². The minimum absolute atomic E-state index is 0.255. The van der Waals surface area contributed by atoms with Gasteiger partial charge in [0.2, 0.25) is 0 Å². The minimum atomic E-state index is -0.255. The third-order valence-corrected chi connectivity index (χ3v) is 5.28. The summed E-state index contributed by atoms with van der Waals surface area (Å²) in [5.41, 5.74) is 4.78. The first kappa shape index (κ1) is 18.8. The highest BCUT2D eigenvalue weighted by atomic mass is 16.2. The van der Waals surface area contributed by atoms with Gasteiger partial charge in [0, 0.05) is 24.5 Å². The number of urea groups is 1. The number of hydrogen-bond acceptors (Lipinski definition) is 5. The number of carbonyl (C=O) groups is 1. The fourth-order valence-electron chi connectivity index (χ4n) is 3.82. The maximum absolute atomic E-state index is 12.5. The summed E-state index contributed by atoms with van der Waals surface area (Å²) >= 11 is 0. The minimum Gasteiger partial charge on any atom is -0.335 e. The quantitative estimate of drug-likeness (QED) is 0.532. The third-order valence-electron chi connectivity index (χ3n) is 5.28. The molecule has 31 heavy (non-hydrogen) atoms. The van der Waals surface area contributed by atoms with Crippen LogP contribution in [-0.2, 0) is 13.0 Å². The number of rotatable bonds is 4. The van der Waals surface area contributed by atoms with Crippen LogP contribution < -0.4 is 15.5 Å². The molecule has 2 heterocycles. The summed E-state index contributed by atoms with van der Waals surface area (Å²) in [7, 11) is 0. The van der Waals surface area contributed by atoms with Crippen molar-refractivity contribution in [2.75, 3.05) is 22.1 Å². The Balaban J connectivity index is 1.34. The number of para-hydroxylation sites is 2. The van der Waals surface area contributed by atoms with E-state index in [1.54, 1.807) is 4.68 Å². The number of anilines is 3. The number of aromatic nitrogens is 4. The molecule has 1 aliphatic rings. The molecule has 8 nitrogen and oxygen atoms in total. The van der Waals surface area contributed by atoms with Crippen molar-refractivity contribution in [3.63, 3.8) is 0 Å². The van der Waals surface area contributed by atoms with Gasteiger partial charge in [-0.2, -0.15) is 4.68 Å². The molecule has 2 amide bonds. The predicted molar refractivity (Wildman–Crippen MR) is 119 cm³/mol. The standard InChI is InChI=1S/C23H21N7O/c31-22(24-18-9-3-1-4-10-18)25-21-13-7-8-17-16-29(15-14-20(17)21)23-26-27-28-30(23)19-11-5-2-6-12-19/h1-13H,14-16H2,(H2,24,25,31). The molecule has 0 saturated heterocycles. The second kappa shape index (κ2) is 8.27. The number of tetrazole rings is 1. The van der Waals surface area contributed by atoms with Gasteiger partial charge in [-0.1, -0.05) is 53.6 Å². The van der Waals surface area contributed by atoms with Gasteiger partial charge in [-0.3, -0.25) is 0 Å². The van der Waals surface area contributed by atoms with Gasteiger partial charge >= 0.3 is 6.03 Å². The molecular formula is C23H21N7O. The summed E-state index contributed by atoms with van der Waals surface area (Å²) in [6.07, 6.45) is 0.777. The van der Waals surface area contributed by atoms with E-state index in [9.17, 15) is 4.79 Å². The first-order valence-corrected chi connectivity index (χ1v) is 10.1. The van der Waals surface area contributed by atoms with Crippen molar-refractivity contribution in [1.82, 2.24) is 20.2 Å². The summed E-state index contributed by atoms with van der Waals surface area (Å²) < 4.78 is 1.75. The number of carbonyl (C=O) groups excluding carboxylic acids is 1. The maximum atomic E-state index is 12.5. The van der Waals surface area contributed by atoms with Crippen LogP contribution in [0.4, 0.5) is 22.1 Å². The fraction of sp³-hybridized carbons (Fsp3) is 0.130. The van der Waals surface area contributed by atoms with Gasteiger partial charge in [-0.15, -0.1) is 0 Å². The molecule has 0 atom stereocenters. The zero-order valence-electron chi connectivity index (χ0n) is 16.8. The molecular weight excluding hydrogens is 390 g/mol. The van der Waals surface area contributed by atoms with E-state index in [-0.39, 0.29) is 6.03 Å². The van der Waals surface area contributed by atoms with Gasteiger partial charge in [-0.05, 0) is 58.3 Å². The lowest BCUT2D eigenvalue weighted by atomic mass is 9.98. The van der Waals surface area contributed by atoms with Crippen LogP contribution in [0.25, 0.3) is 5.69 Å². The molecule has 1 aromatic heterocycles. The highest BCUT2D eigenvalue weighted by Crippen LogP contribution is 2.29. The molecule has 0 aliphatic carbocycles. The van der Waals surface area contributed by atoms with Crippen LogP contribution >= 0.6 is 0 Å². The number of fused-ring (bicyclic) bond motifs is 1. The largest absolute Gasteiger partial charge is 0.335 e. The van der Waals surface area contributed by atoms with E-state index >= 15 is 0 Å². The highest BCUT2D eigenvalue weighted by Gasteiger charge is 2.24. The van der Waals surface area contributed by atoms with Crippen molar-refractivity contribution in [1.29, 1.82) is 0 Å². The Morgan fingerprint density at radius 2 is 1.65 bits per heavy atom. The van der Waals surface area contributed by atoms with Gasteiger partial charge in [-0.25, -0.2) is 4.79 Å². The molecule has 0 unspecified atom stereocenters.